The number of nitrogens with one attached hydrogen (secondary N) is 2. The van der Waals surface area contributed by atoms with Crippen LogP contribution in [0.1, 0.15) is 25.0 Å². The number of hydrogen-bond acceptors (Lipinski definition) is 2. The Morgan fingerprint density at radius 3 is 2.30 bits per heavy atom. The molecule has 27 heavy (non-hydrogen) atoms. The maximum atomic E-state index is 11.6. The molecule has 4 heteroatoms. The van der Waals surface area contributed by atoms with Gasteiger partial charge in [0.15, 0.2) is 0 Å². The lowest BCUT2D eigenvalue weighted by Crippen LogP contribution is -2.08. The van der Waals surface area contributed by atoms with E-state index in [-0.39, 0.29) is 5.91 Å². The van der Waals surface area contributed by atoms with Crippen molar-refractivity contribution in [2.24, 2.45) is 4.99 Å². The lowest BCUT2D eigenvalue weighted by molar-refractivity contribution is -0.111. The molecular formula is C23H25N3O. The number of aryl methyl sites for hydroxylation is 1. The lowest BCUT2D eigenvalue weighted by atomic mass is 10.1. The van der Waals surface area contributed by atoms with Gasteiger partial charge in [-0.1, -0.05) is 49.1 Å². The first kappa shape index (κ1) is 19.9. The molecule has 2 aromatic rings. The van der Waals surface area contributed by atoms with Gasteiger partial charge in [-0.25, -0.2) is 4.99 Å². The molecular weight excluding hydrogens is 334 g/mol. The summed E-state index contributed by atoms with van der Waals surface area (Å²) < 4.78 is 0. The summed E-state index contributed by atoms with van der Waals surface area (Å²) in [6.45, 7) is 13.3. The Kier molecular flexibility index (Phi) is 6.89. The number of allylic oxidation sites excluding steroid dienone is 2. The fraction of sp³-hybridized carbons (Fsp3) is 0.130. The number of carbonyl (C=O) groups is 1. The fourth-order valence-corrected chi connectivity index (χ4v) is 2.46. The van der Waals surface area contributed by atoms with E-state index in [9.17, 15) is 4.79 Å². The number of rotatable bonds is 6. The number of benzene rings is 2. The summed E-state index contributed by atoms with van der Waals surface area (Å²) >= 11 is 0. The number of nitrogens with zero attached hydrogens (tertiary/aromatic N) is 1. The Hall–Kier alpha value is -3.40. The van der Waals surface area contributed by atoms with E-state index in [1.807, 2.05) is 62.4 Å². The maximum Gasteiger partial charge on any atom is 0.247 e. The largest absolute Gasteiger partial charge is 0.344 e. The maximum absolute atomic E-state index is 11.6. The van der Waals surface area contributed by atoms with Gasteiger partial charge >= 0.3 is 0 Å². The van der Waals surface area contributed by atoms with Crippen LogP contribution in [-0.4, -0.2) is 11.7 Å². The molecule has 0 aliphatic heterocycles. The quantitative estimate of drug-likeness (QED) is 0.307. The molecule has 0 atom stereocenters. The summed E-state index contributed by atoms with van der Waals surface area (Å²) in [5.41, 5.74) is 5.48. The number of anilines is 2. The van der Waals surface area contributed by atoms with Crippen LogP contribution in [0.25, 0.3) is 5.70 Å². The van der Waals surface area contributed by atoms with E-state index in [2.05, 4.69) is 30.7 Å². The van der Waals surface area contributed by atoms with Crippen molar-refractivity contribution in [3.63, 3.8) is 0 Å². The van der Waals surface area contributed by atoms with Crippen molar-refractivity contribution in [3.8, 4) is 0 Å². The van der Waals surface area contributed by atoms with E-state index in [1.54, 1.807) is 6.08 Å². The van der Waals surface area contributed by atoms with Crippen LogP contribution in [0.4, 0.5) is 11.4 Å². The summed E-state index contributed by atoms with van der Waals surface area (Å²) in [5, 5.41) is 6.08. The molecule has 2 aromatic carbocycles. The van der Waals surface area contributed by atoms with E-state index in [4.69, 9.17) is 4.99 Å². The Morgan fingerprint density at radius 1 is 0.963 bits per heavy atom. The zero-order valence-electron chi connectivity index (χ0n) is 16.0. The van der Waals surface area contributed by atoms with Crippen molar-refractivity contribution < 1.29 is 4.79 Å². The second-order valence-corrected chi connectivity index (χ2v) is 6.20. The third kappa shape index (κ3) is 5.82. The smallest absolute Gasteiger partial charge is 0.247 e. The molecule has 138 valence electrons. The molecule has 0 saturated heterocycles. The first-order valence-electron chi connectivity index (χ1n) is 8.69. The summed E-state index contributed by atoms with van der Waals surface area (Å²) in [5.74, 6) is 0.509. The first-order chi connectivity index (χ1) is 12.9. The van der Waals surface area contributed by atoms with Crippen LogP contribution in [0.5, 0.6) is 0 Å². The topological polar surface area (TPSA) is 53.5 Å². The predicted octanol–water partition coefficient (Wildman–Crippen LogP) is 5.57. The highest BCUT2D eigenvalue weighted by Crippen LogP contribution is 2.24. The van der Waals surface area contributed by atoms with Gasteiger partial charge in [-0.3, -0.25) is 4.79 Å². The van der Waals surface area contributed by atoms with Crippen LogP contribution < -0.4 is 10.6 Å². The highest BCUT2D eigenvalue weighted by Gasteiger charge is 2.07. The molecule has 2 N–H and O–H groups in total. The van der Waals surface area contributed by atoms with Crippen molar-refractivity contribution in [1.82, 2.24) is 0 Å². The molecule has 0 aliphatic rings. The van der Waals surface area contributed by atoms with Crippen LogP contribution in [-0.2, 0) is 4.79 Å². The third-order valence-electron chi connectivity index (χ3n) is 3.92. The number of hydrogen-bond donors (Lipinski definition) is 2. The predicted molar refractivity (Wildman–Crippen MR) is 116 cm³/mol. The number of carbonyl (C=O) groups excluding carboxylic acids is 1. The van der Waals surface area contributed by atoms with Crippen molar-refractivity contribution in [2.75, 3.05) is 10.6 Å². The summed E-state index contributed by atoms with van der Waals surface area (Å²) in [6.07, 6.45) is 3.01. The minimum atomic E-state index is -0.251. The van der Waals surface area contributed by atoms with Crippen LogP contribution in [0.3, 0.4) is 0 Å². The molecule has 0 unspecified atom stereocenters. The second kappa shape index (κ2) is 9.34. The van der Waals surface area contributed by atoms with Crippen molar-refractivity contribution in [1.29, 1.82) is 0 Å². The van der Waals surface area contributed by atoms with Gasteiger partial charge < -0.3 is 10.6 Å². The Balaban J connectivity index is 2.34. The summed E-state index contributed by atoms with van der Waals surface area (Å²) in [4.78, 5) is 16.3. The number of amides is 1. The van der Waals surface area contributed by atoms with Gasteiger partial charge in [0.05, 0.1) is 5.70 Å². The highest BCUT2D eigenvalue weighted by molar-refractivity contribution is 6.00. The normalized spacial score (nSPS) is 12.0. The zero-order chi connectivity index (χ0) is 19.8. The van der Waals surface area contributed by atoms with Gasteiger partial charge in [0.2, 0.25) is 5.91 Å². The first-order valence-corrected chi connectivity index (χ1v) is 8.69. The van der Waals surface area contributed by atoms with Crippen molar-refractivity contribution in [3.05, 3.63) is 90.5 Å². The van der Waals surface area contributed by atoms with E-state index in [1.165, 1.54) is 11.6 Å². The van der Waals surface area contributed by atoms with E-state index < -0.39 is 0 Å². The third-order valence-corrected chi connectivity index (χ3v) is 3.92. The van der Waals surface area contributed by atoms with Gasteiger partial charge in [-0.15, -0.1) is 0 Å². The summed E-state index contributed by atoms with van der Waals surface area (Å²) in [6, 6.07) is 15.7. The average molecular weight is 359 g/mol. The molecule has 0 fully saturated rings. The second-order valence-electron chi connectivity index (χ2n) is 6.20. The molecule has 4 nitrogen and oxygen atoms in total. The van der Waals surface area contributed by atoms with E-state index in [0.717, 1.165) is 28.4 Å². The monoisotopic (exact) mass is 359 g/mol. The molecule has 0 spiro atoms. The molecule has 0 saturated carbocycles. The minimum absolute atomic E-state index is 0.251. The van der Waals surface area contributed by atoms with Gasteiger partial charge in [0, 0.05) is 16.9 Å². The molecule has 1 amide bonds. The molecule has 0 aliphatic carbocycles. The molecule has 0 aromatic heterocycles. The lowest BCUT2D eigenvalue weighted by Gasteiger charge is -2.11. The van der Waals surface area contributed by atoms with Crippen molar-refractivity contribution in [2.45, 2.75) is 20.8 Å². The number of amidine groups is 1. The van der Waals surface area contributed by atoms with Crippen LogP contribution >= 0.6 is 0 Å². The highest BCUT2D eigenvalue weighted by atomic mass is 16.1. The zero-order valence-corrected chi connectivity index (χ0v) is 16.0. The van der Waals surface area contributed by atoms with Gasteiger partial charge in [-0.05, 0) is 56.7 Å². The van der Waals surface area contributed by atoms with Gasteiger partial charge in [-0.2, -0.15) is 0 Å². The van der Waals surface area contributed by atoms with Crippen molar-refractivity contribution >= 4 is 28.8 Å². The SMILES string of the molecule is C=CC(=O)Nc1cccc(/C(N=C(C)Nc2ccc(C)cc2)=C(\C)C=C)c1. The fourth-order valence-electron chi connectivity index (χ4n) is 2.46. The van der Waals surface area contributed by atoms with Crippen LogP contribution in [0.15, 0.2) is 84.4 Å². The molecule has 0 radical (unpaired) electrons. The van der Waals surface area contributed by atoms with Gasteiger partial charge in [0.1, 0.15) is 5.84 Å². The average Bonchev–Trinajstić information content (AvgIpc) is 2.67. The Bertz CT molecular complexity index is 905. The van der Waals surface area contributed by atoms with Crippen LogP contribution in [0.2, 0.25) is 0 Å². The molecule has 0 bridgehead atoms. The van der Waals surface area contributed by atoms with Gasteiger partial charge in [0.25, 0.3) is 0 Å². The molecule has 0 heterocycles. The molecule has 2 rings (SSSR count). The number of aliphatic imine (C=N–C) groups is 1. The standard InChI is InChI=1S/C23H25N3O/c1-6-17(4)23(19-9-8-10-21(15-19)26-22(27)7-2)25-18(5)24-20-13-11-16(3)12-14-20/h6-15H,1-2H2,3-5H3,(H,24,25)(H,26,27)/b23-17-. The van der Waals surface area contributed by atoms with Crippen LogP contribution in [0, 0.1) is 6.92 Å². The van der Waals surface area contributed by atoms with E-state index >= 15 is 0 Å². The minimum Gasteiger partial charge on any atom is -0.344 e. The Morgan fingerprint density at radius 2 is 1.67 bits per heavy atom. The van der Waals surface area contributed by atoms with E-state index in [0.29, 0.717) is 5.69 Å². The Labute approximate surface area is 161 Å². The summed E-state index contributed by atoms with van der Waals surface area (Å²) in [7, 11) is 0.